The van der Waals surface area contributed by atoms with Crippen molar-refractivity contribution in [1.29, 1.82) is 0 Å². The fourth-order valence-corrected chi connectivity index (χ4v) is 18.4. The van der Waals surface area contributed by atoms with E-state index in [0.717, 1.165) is 27.7 Å². The first-order valence-corrected chi connectivity index (χ1v) is 45.3. The summed E-state index contributed by atoms with van der Waals surface area (Å²) in [6, 6.07) is -8.24. The van der Waals surface area contributed by atoms with Crippen molar-refractivity contribution in [3.8, 4) is 0 Å². The van der Waals surface area contributed by atoms with Crippen molar-refractivity contribution < 1.29 is 286 Å². The van der Waals surface area contributed by atoms with Crippen LogP contribution in [0.5, 0.6) is 0 Å². The van der Waals surface area contributed by atoms with E-state index in [0.29, 0.717) is 0 Å². The molecule has 12 aliphatic heterocycles. The van der Waals surface area contributed by atoms with Crippen LogP contribution in [0.3, 0.4) is 0 Å². The second-order valence-electron chi connectivity index (χ2n) is 36.1. The van der Waals surface area contributed by atoms with E-state index >= 15 is 0 Å². The molecule has 1 unspecified atom stereocenters. The zero-order valence-electron chi connectivity index (χ0n) is 76.0. The maximum absolute atomic E-state index is 13.8. The number of aliphatic hydroxyl groups excluding tert-OH is 31. The first-order chi connectivity index (χ1) is 66.6. The summed E-state index contributed by atoms with van der Waals surface area (Å²) in [5.74, 6) is -4.07. The number of ether oxygens (including phenoxy) is 23. The minimum absolute atomic E-state index is 0.864. The largest absolute Gasteiger partial charge is 0.394 e. The van der Waals surface area contributed by atoms with Gasteiger partial charge in [0.1, 0.15) is 274 Å². The smallest absolute Gasteiger partial charge is 0.217 e. The van der Waals surface area contributed by atoms with Gasteiger partial charge in [0.25, 0.3) is 0 Å². The number of hydrogen-bond donors (Lipinski definition) is 35. The molecule has 12 saturated heterocycles. The van der Waals surface area contributed by atoms with Crippen molar-refractivity contribution in [3.63, 3.8) is 0 Å². The molecule has 0 saturated carbocycles. The third-order valence-electron chi connectivity index (χ3n) is 26.2. The Kier molecular flexibility index (Phi) is 41.0. The average molecular weight is 2070 g/mol. The Morgan fingerprint density at radius 2 is 0.511 bits per heavy atom. The lowest BCUT2D eigenvalue weighted by Gasteiger charge is -2.52. The predicted octanol–water partition coefficient (Wildman–Crippen LogP) is -23.9. The quantitative estimate of drug-likeness (QED) is 0.0280. The summed E-state index contributed by atoms with van der Waals surface area (Å²) in [5, 5.41) is 360. The van der Waals surface area contributed by atoms with Gasteiger partial charge in [-0.05, 0) is 13.8 Å². The van der Waals surface area contributed by atoms with Gasteiger partial charge in [-0.2, -0.15) is 0 Å². The van der Waals surface area contributed by atoms with Crippen LogP contribution in [0.25, 0.3) is 0 Å². The first kappa shape index (κ1) is 115. The summed E-state index contributed by atoms with van der Waals surface area (Å²) < 4.78 is 140. The number of carbonyl (C=O) groups excluding carboxylic acids is 4. The molecule has 12 heterocycles. The van der Waals surface area contributed by atoms with Gasteiger partial charge in [0, 0.05) is 27.7 Å². The second-order valence-corrected chi connectivity index (χ2v) is 36.1. The number of hydrogen-bond acceptors (Lipinski definition) is 58. The Morgan fingerprint density at radius 3 is 0.929 bits per heavy atom. The third-order valence-corrected chi connectivity index (χ3v) is 26.2. The molecule has 0 bridgehead atoms. The second kappa shape index (κ2) is 50.1. The van der Waals surface area contributed by atoms with E-state index in [-0.39, 0.29) is 0 Å². The van der Waals surface area contributed by atoms with Crippen molar-refractivity contribution in [2.75, 3.05) is 66.1 Å². The van der Waals surface area contributed by atoms with Gasteiger partial charge in [-0.15, -0.1) is 0 Å². The van der Waals surface area contributed by atoms with Gasteiger partial charge < -0.3 is 289 Å². The molecule has 59 atom stereocenters. The van der Waals surface area contributed by atoms with Crippen LogP contribution >= 0.6 is 0 Å². The Bertz CT molecular complexity index is 3900. The third kappa shape index (κ3) is 25.5. The average Bonchev–Trinajstić information content (AvgIpc) is 0.765. The van der Waals surface area contributed by atoms with E-state index in [2.05, 4.69) is 21.3 Å². The molecule has 0 aromatic carbocycles. The number of rotatable bonds is 35. The van der Waals surface area contributed by atoms with Crippen molar-refractivity contribution in [2.24, 2.45) is 0 Å². The fraction of sp³-hybridized carbons (Fsp3) is 0.949. The van der Waals surface area contributed by atoms with E-state index in [9.17, 15) is 177 Å². The molecule has 816 valence electrons. The highest BCUT2D eigenvalue weighted by Gasteiger charge is 2.64. The highest BCUT2D eigenvalue weighted by Crippen LogP contribution is 2.43. The van der Waals surface area contributed by atoms with Crippen LogP contribution in [0.4, 0.5) is 0 Å². The van der Waals surface area contributed by atoms with E-state index in [1.54, 1.807) is 0 Å². The first-order valence-electron chi connectivity index (χ1n) is 45.3. The van der Waals surface area contributed by atoms with Crippen molar-refractivity contribution in [3.05, 3.63) is 0 Å². The van der Waals surface area contributed by atoms with Gasteiger partial charge >= 0.3 is 0 Å². The van der Waals surface area contributed by atoms with E-state index in [4.69, 9.17) is 109 Å². The molecule has 62 nitrogen and oxygen atoms in total. The molecule has 12 rings (SSSR count). The number of amides is 4. The summed E-state index contributed by atoms with van der Waals surface area (Å²) in [7, 11) is 0. The summed E-state index contributed by atoms with van der Waals surface area (Å²) in [6.45, 7) is -5.55. The maximum Gasteiger partial charge on any atom is 0.217 e. The highest BCUT2D eigenvalue weighted by molar-refractivity contribution is 5.74. The monoisotopic (exact) mass is 2060 g/mol. The standard InChI is InChI=1S/C79H132N4O58/c1-17-37(96)48(107)55(114)72(122-17)120-16-32-62(63(36(68(118)124-32)83-22(6)94)137-74-56(115)49(108)38(97)18(2)123-74)136-69-33(80-19(3)91)47(106)61(30(13-90)129-69)135-79-67(141-73-54(113)39(98)23(95)14-119-73)64(138-78-66(53(112)43(102)27(10-87)128-78)140-71-35(82-21(5)93)46(105)60(29(12-89)131-71)134-76-58(117)51(110)41(100)25(8-85)126-76)44(103)31(132-79)15-121-77-65(52(111)42(101)26(9-86)127-77)139-70-34(81-20(4)92)45(104)59(28(11-88)130-70)133-75-57(116)50(109)40(99)24(7-84)125-75/h17-18,23-79,84-90,95-118H,7-16H2,1-6H3,(H,80,91)(H,81,92)(H,82,93)(H,83,94)/t17-,18-,23+,24+,25+,26+,27+,28+,29+,30+,31+,32+,33+,34+,35+,36+,37+,38+,39-,40-,41-,42+,43+,44+,45+,46+,47+,48+,49+,50-,51-,52-,53-,54+,55-,56-,57+,58+,59+,60+,61+,62+,63+,64-,65-,66-,67-,68+,69-,70-,71-,72+,73?,74-,75-,76-,77+,78-,79-/m0/s1. The molecule has 0 radical (unpaired) electrons. The minimum Gasteiger partial charge on any atom is -0.394 e. The van der Waals surface area contributed by atoms with Crippen LogP contribution in [-0.4, -0.2) is 610 Å². The fourth-order valence-electron chi connectivity index (χ4n) is 18.4. The zero-order chi connectivity index (χ0) is 104. The van der Waals surface area contributed by atoms with Crippen LogP contribution < -0.4 is 21.3 Å². The van der Waals surface area contributed by atoms with Gasteiger partial charge in [0.05, 0.1) is 78.3 Å². The lowest BCUT2D eigenvalue weighted by molar-refractivity contribution is -0.413. The molecule has 0 aromatic heterocycles. The van der Waals surface area contributed by atoms with E-state index < -0.39 is 452 Å². The van der Waals surface area contributed by atoms with Gasteiger partial charge in [0.15, 0.2) is 75.5 Å². The molecule has 35 N–H and O–H groups in total. The molecule has 0 aromatic rings. The van der Waals surface area contributed by atoms with E-state index in [1.165, 1.54) is 13.8 Å². The van der Waals surface area contributed by atoms with Crippen LogP contribution in [0, 0.1) is 0 Å². The van der Waals surface area contributed by atoms with Crippen molar-refractivity contribution >= 4 is 23.6 Å². The molecule has 0 spiro atoms. The van der Waals surface area contributed by atoms with Crippen LogP contribution in [0.1, 0.15) is 41.5 Å². The summed E-state index contributed by atoms with van der Waals surface area (Å²) >= 11 is 0. The van der Waals surface area contributed by atoms with Crippen LogP contribution in [-0.2, 0) is 128 Å². The molecule has 0 aliphatic carbocycles. The van der Waals surface area contributed by atoms with E-state index in [1.807, 2.05) is 0 Å². The number of nitrogens with one attached hydrogen (secondary N) is 4. The molecule has 12 aliphatic rings. The molecule has 12 fully saturated rings. The van der Waals surface area contributed by atoms with Gasteiger partial charge in [0.2, 0.25) is 23.6 Å². The predicted molar refractivity (Wildman–Crippen MR) is 433 cm³/mol. The van der Waals surface area contributed by atoms with Gasteiger partial charge in [-0.3, -0.25) is 19.2 Å². The zero-order valence-corrected chi connectivity index (χ0v) is 76.0. The molecule has 62 heteroatoms. The van der Waals surface area contributed by atoms with Gasteiger partial charge in [-0.1, -0.05) is 0 Å². The highest BCUT2D eigenvalue weighted by atomic mass is 16.8. The number of aliphatic hydroxyl groups is 31. The van der Waals surface area contributed by atoms with Crippen LogP contribution in [0.15, 0.2) is 0 Å². The minimum atomic E-state index is -2.71. The van der Waals surface area contributed by atoms with Crippen molar-refractivity contribution in [1.82, 2.24) is 21.3 Å². The number of carbonyl (C=O) groups is 4. The molecule has 141 heavy (non-hydrogen) atoms. The summed E-state index contributed by atoms with van der Waals surface area (Å²) in [6.07, 6.45) is -119. The Morgan fingerprint density at radius 1 is 0.227 bits per heavy atom. The summed E-state index contributed by atoms with van der Waals surface area (Å²) in [4.78, 5) is 53.4. The normalized spacial score (nSPS) is 50.7. The molecular formula is C79H132N4O58. The van der Waals surface area contributed by atoms with Gasteiger partial charge in [-0.25, -0.2) is 0 Å². The topological polar surface area (TPSA) is 956 Å². The SMILES string of the molecule is CC(=O)N[C@@H]1[C@@H](O[C@@H]2O[C@@H](C)[C@@H](O)[C@@H](O)[C@@H]2O)[C@H](O[C@@H]2O[C@H](CO)[C@@H](O[C@@H]3O[C@H](CO[C@@H]4O[C@H](CO)[C@@H](O)[C@H](O)[C@@H]4O[C@@H]4O[C@H](CO)[C@@H](O[C@@H]5O[C@H](CO)[C@H](O)[C@H](O)[C@H]5O)[C@H](O)[C@H]4NC(C)=O)[C@@H](O)[C@H](O[C@@H]4O[C@H](CO)[C@@H](O)[C@H](O)[C@@H]4O[C@@H]4O[C@H](CO)[C@@H](O[C@@H]5O[C@H](CO)[C@H](O)[C@H](O)[C@H]5O)[C@H](O)[C@H]4NC(C)=O)[C@@H]3OC3OC[C@@H](O)[C@H](O)[C@H]3O)[C@H](O)[C@H]2NC(C)=O)[C@@H](CO[C@@H]2O[C@@H](C)[C@@H](O)[C@@H](O)[C@@H]2O)O[C@H]1O. The maximum atomic E-state index is 13.8. The molecular weight excluding hydrogens is 1930 g/mol. The Labute approximate surface area is 798 Å². The van der Waals surface area contributed by atoms with Crippen LogP contribution in [0.2, 0.25) is 0 Å². The Balaban J connectivity index is 0.948. The lowest BCUT2D eigenvalue weighted by Crippen LogP contribution is -2.72. The Hall–Kier alpha value is -4.28. The molecule has 4 amide bonds. The lowest BCUT2D eigenvalue weighted by atomic mass is 9.93. The van der Waals surface area contributed by atoms with Crippen molar-refractivity contribution in [2.45, 2.75) is 404 Å². The summed E-state index contributed by atoms with van der Waals surface area (Å²) in [5.41, 5.74) is 0.